The molecule has 0 unspecified atom stereocenters. The lowest BCUT2D eigenvalue weighted by molar-refractivity contribution is 0.103. The van der Waals surface area contributed by atoms with E-state index in [-0.39, 0.29) is 27.5 Å². The summed E-state index contributed by atoms with van der Waals surface area (Å²) in [6.07, 6.45) is 0. The highest BCUT2D eigenvalue weighted by atomic mass is 32.2. The molecule has 0 bridgehead atoms. The summed E-state index contributed by atoms with van der Waals surface area (Å²) in [7, 11) is -3.82. The standard InChI is InChI=1S/C22H15N3O4S/c1-13-6-9-15(10-7-13)30(28,29)24-14-8-11-19-17(12-14)20(26)21-23-18-5-3-2-4-16(18)22(27)25(19)21/h2-12,24H,1H3. The second-order valence-electron chi connectivity index (χ2n) is 7.07. The number of nitrogens with one attached hydrogen (secondary N) is 1. The number of fused-ring (bicyclic) bond motifs is 4. The van der Waals surface area contributed by atoms with Crippen LogP contribution in [0.15, 0.2) is 76.4 Å². The Labute approximate surface area is 171 Å². The molecule has 1 aromatic heterocycles. The van der Waals surface area contributed by atoms with Gasteiger partial charge in [-0.3, -0.25) is 18.9 Å². The lowest BCUT2D eigenvalue weighted by Crippen LogP contribution is -2.21. The average Bonchev–Trinajstić information content (AvgIpc) is 3.00. The van der Waals surface area contributed by atoms with E-state index in [2.05, 4.69) is 9.71 Å². The number of hydrogen-bond acceptors (Lipinski definition) is 5. The Kier molecular flexibility index (Phi) is 3.87. The molecule has 0 saturated heterocycles. The molecule has 0 atom stereocenters. The summed E-state index contributed by atoms with van der Waals surface area (Å²) in [6.45, 7) is 1.87. The number of para-hydroxylation sites is 1. The van der Waals surface area contributed by atoms with Gasteiger partial charge in [0.2, 0.25) is 5.78 Å². The number of nitrogens with zero attached hydrogens (tertiary/aromatic N) is 2. The van der Waals surface area contributed by atoms with Crippen molar-refractivity contribution in [2.75, 3.05) is 4.72 Å². The van der Waals surface area contributed by atoms with Crippen molar-refractivity contribution in [3.05, 3.63) is 94.0 Å². The van der Waals surface area contributed by atoms with E-state index in [1.54, 1.807) is 42.5 Å². The lowest BCUT2D eigenvalue weighted by atomic mass is 10.1. The molecule has 1 aliphatic heterocycles. The summed E-state index contributed by atoms with van der Waals surface area (Å²) in [6, 6.07) is 17.8. The van der Waals surface area contributed by atoms with Crippen LogP contribution in [0.25, 0.3) is 16.6 Å². The largest absolute Gasteiger partial charge is 0.285 e. The number of hydrogen-bond donors (Lipinski definition) is 1. The molecule has 0 radical (unpaired) electrons. The second-order valence-corrected chi connectivity index (χ2v) is 8.76. The van der Waals surface area contributed by atoms with Gasteiger partial charge in [0.05, 0.1) is 27.0 Å². The minimum atomic E-state index is -3.82. The van der Waals surface area contributed by atoms with Crippen LogP contribution in [0, 0.1) is 6.92 Å². The highest BCUT2D eigenvalue weighted by Gasteiger charge is 2.31. The summed E-state index contributed by atoms with van der Waals surface area (Å²) in [5.74, 6) is -0.406. The van der Waals surface area contributed by atoms with Crippen LogP contribution in [0.5, 0.6) is 0 Å². The Bertz CT molecular complexity index is 1520. The molecule has 5 rings (SSSR count). The molecule has 7 nitrogen and oxygen atoms in total. The van der Waals surface area contributed by atoms with E-state index in [4.69, 9.17) is 0 Å². The molecule has 0 spiro atoms. The van der Waals surface area contributed by atoms with Crippen LogP contribution in [0.3, 0.4) is 0 Å². The lowest BCUT2D eigenvalue weighted by Gasteiger charge is -2.10. The van der Waals surface area contributed by atoms with Gasteiger partial charge in [-0.25, -0.2) is 13.4 Å². The highest BCUT2D eigenvalue weighted by Crippen LogP contribution is 2.29. The van der Waals surface area contributed by atoms with E-state index in [1.807, 2.05) is 6.92 Å². The van der Waals surface area contributed by atoms with E-state index in [1.165, 1.54) is 28.8 Å². The Balaban J connectivity index is 1.59. The van der Waals surface area contributed by atoms with Gasteiger partial charge >= 0.3 is 0 Å². The number of aryl methyl sites for hydroxylation is 1. The Hall–Kier alpha value is -3.78. The minimum Gasteiger partial charge on any atom is -0.285 e. The van der Waals surface area contributed by atoms with Crippen molar-refractivity contribution in [1.82, 2.24) is 9.55 Å². The van der Waals surface area contributed by atoms with Crippen LogP contribution in [0.1, 0.15) is 21.7 Å². The van der Waals surface area contributed by atoms with Gasteiger partial charge in [0.15, 0.2) is 5.82 Å². The van der Waals surface area contributed by atoms with Crippen molar-refractivity contribution < 1.29 is 13.2 Å². The fourth-order valence-corrected chi connectivity index (χ4v) is 4.59. The molecule has 0 fully saturated rings. The maximum atomic E-state index is 12.9. The maximum Gasteiger partial charge on any atom is 0.266 e. The van der Waals surface area contributed by atoms with Gasteiger partial charge in [0, 0.05) is 5.69 Å². The van der Waals surface area contributed by atoms with E-state index < -0.39 is 15.8 Å². The quantitative estimate of drug-likeness (QED) is 0.487. The van der Waals surface area contributed by atoms with Gasteiger partial charge in [-0.15, -0.1) is 0 Å². The van der Waals surface area contributed by atoms with Crippen molar-refractivity contribution in [2.45, 2.75) is 11.8 Å². The minimum absolute atomic E-state index is 0.0206. The van der Waals surface area contributed by atoms with Gasteiger partial charge in [-0.1, -0.05) is 29.8 Å². The van der Waals surface area contributed by atoms with Crippen LogP contribution >= 0.6 is 0 Å². The summed E-state index contributed by atoms with van der Waals surface area (Å²) in [5, 5.41) is 0.408. The van der Waals surface area contributed by atoms with Gasteiger partial charge in [-0.2, -0.15) is 0 Å². The Morgan fingerprint density at radius 3 is 2.43 bits per heavy atom. The maximum absolute atomic E-state index is 12.9. The molecule has 1 aliphatic rings. The number of aromatic nitrogens is 2. The third-order valence-corrected chi connectivity index (χ3v) is 6.44. The van der Waals surface area contributed by atoms with E-state index in [0.717, 1.165) is 5.56 Å². The summed E-state index contributed by atoms with van der Waals surface area (Å²) < 4.78 is 29.1. The Morgan fingerprint density at radius 2 is 1.67 bits per heavy atom. The van der Waals surface area contributed by atoms with Crippen LogP contribution < -0.4 is 10.3 Å². The van der Waals surface area contributed by atoms with Crippen molar-refractivity contribution >= 4 is 32.4 Å². The molecular formula is C22H15N3O4S. The topological polar surface area (TPSA) is 98.1 Å². The first-order valence-electron chi connectivity index (χ1n) is 9.15. The molecular weight excluding hydrogens is 402 g/mol. The second kappa shape index (κ2) is 6.36. The van der Waals surface area contributed by atoms with Gasteiger partial charge in [0.1, 0.15) is 0 Å². The number of ketones is 1. The molecule has 4 aromatic rings. The number of anilines is 1. The van der Waals surface area contributed by atoms with E-state index in [0.29, 0.717) is 16.6 Å². The number of rotatable bonds is 3. The fourth-order valence-electron chi connectivity index (χ4n) is 3.54. The third kappa shape index (κ3) is 2.73. The van der Waals surface area contributed by atoms with Crippen LogP contribution in [0.4, 0.5) is 5.69 Å². The third-order valence-electron chi connectivity index (χ3n) is 5.04. The molecule has 30 heavy (non-hydrogen) atoms. The van der Waals surface area contributed by atoms with Crippen molar-refractivity contribution in [1.29, 1.82) is 0 Å². The first-order valence-corrected chi connectivity index (χ1v) is 10.6. The fraction of sp³-hybridized carbons (Fsp3) is 0.0455. The molecule has 0 aliphatic carbocycles. The zero-order chi connectivity index (χ0) is 21.0. The number of carbonyl (C=O) groups excluding carboxylic acids is 1. The molecule has 8 heteroatoms. The normalized spacial score (nSPS) is 12.6. The Morgan fingerprint density at radius 1 is 0.933 bits per heavy atom. The molecule has 0 saturated carbocycles. The van der Waals surface area contributed by atoms with Crippen LogP contribution in [-0.2, 0) is 10.0 Å². The summed E-state index contributed by atoms with van der Waals surface area (Å²) >= 11 is 0. The summed E-state index contributed by atoms with van der Waals surface area (Å²) in [4.78, 5) is 30.3. The molecule has 148 valence electrons. The van der Waals surface area contributed by atoms with E-state index >= 15 is 0 Å². The first-order chi connectivity index (χ1) is 14.3. The van der Waals surface area contributed by atoms with Crippen molar-refractivity contribution in [2.24, 2.45) is 0 Å². The van der Waals surface area contributed by atoms with Gasteiger partial charge < -0.3 is 0 Å². The molecule has 2 heterocycles. The highest BCUT2D eigenvalue weighted by molar-refractivity contribution is 7.92. The molecule has 3 aromatic carbocycles. The SMILES string of the molecule is Cc1ccc(S(=O)(=O)Nc2ccc3c(c2)C(=O)c2nc4ccccc4c(=O)n2-3)cc1. The summed E-state index contributed by atoms with van der Waals surface area (Å²) in [5.41, 5.74) is 1.88. The predicted molar refractivity (Wildman–Crippen MR) is 113 cm³/mol. The predicted octanol–water partition coefficient (Wildman–Crippen LogP) is 3.04. The zero-order valence-corrected chi connectivity index (χ0v) is 16.6. The van der Waals surface area contributed by atoms with Gasteiger partial charge in [-0.05, 0) is 49.4 Å². The van der Waals surface area contributed by atoms with Crippen LogP contribution in [-0.4, -0.2) is 23.8 Å². The van der Waals surface area contributed by atoms with Crippen molar-refractivity contribution in [3.8, 4) is 5.69 Å². The van der Waals surface area contributed by atoms with Gasteiger partial charge in [0.25, 0.3) is 15.6 Å². The molecule has 1 N–H and O–H groups in total. The first kappa shape index (κ1) is 18.3. The van der Waals surface area contributed by atoms with E-state index in [9.17, 15) is 18.0 Å². The number of carbonyl (C=O) groups is 1. The zero-order valence-electron chi connectivity index (χ0n) is 15.8. The molecule has 0 amide bonds. The average molecular weight is 417 g/mol. The monoisotopic (exact) mass is 417 g/mol. The van der Waals surface area contributed by atoms with Crippen molar-refractivity contribution in [3.63, 3.8) is 0 Å². The number of benzene rings is 3. The smallest absolute Gasteiger partial charge is 0.266 e. The van der Waals surface area contributed by atoms with Crippen LogP contribution in [0.2, 0.25) is 0 Å². The number of sulfonamides is 1.